The molecule has 0 aromatic rings. The first-order chi connectivity index (χ1) is 9.18. The number of likely N-dealkylation sites (tertiary alicyclic amines) is 1. The molecule has 114 valence electrons. The summed E-state index contributed by atoms with van der Waals surface area (Å²) in [7, 11) is 0. The molecule has 0 aromatic carbocycles. The molecule has 1 amide bonds. The van der Waals surface area contributed by atoms with Crippen LogP contribution in [0, 0.1) is 22.7 Å². The predicted octanol–water partition coefficient (Wildman–Crippen LogP) is 2.77. The first-order valence-electron chi connectivity index (χ1n) is 7.68. The molecule has 0 bridgehead atoms. The number of carbonyl (C=O) groups is 2. The van der Waals surface area contributed by atoms with E-state index < -0.39 is 5.97 Å². The van der Waals surface area contributed by atoms with Crippen LogP contribution in [0.2, 0.25) is 0 Å². The number of hydrogen-bond donors (Lipinski definition) is 1. The van der Waals surface area contributed by atoms with Crippen LogP contribution in [0.3, 0.4) is 0 Å². The van der Waals surface area contributed by atoms with Crippen LogP contribution in [0.4, 0.5) is 0 Å². The van der Waals surface area contributed by atoms with E-state index in [0.29, 0.717) is 12.3 Å². The van der Waals surface area contributed by atoms with Gasteiger partial charge in [0.2, 0.25) is 5.91 Å². The fourth-order valence-electron chi connectivity index (χ4n) is 3.82. The highest BCUT2D eigenvalue weighted by Gasteiger charge is 2.68. The molecule has 4 nitrogen and oxygen atoms in total. The molecule has 2 rings (SSSR count). The van der Waals surface area contributed by atoms with Crippen molar-refractivity contribution in [3.8, 4) is 0 Å². The van der Waals surface area contributed by atoms with Crippen LogP contribution in [-0.2, 0) is 9.59 Å². The Kier molecular flexibility index (Phi) is 3.87. The summed E-state index contributed by atoms with van der Waals surface area (Å²) < 4.78 is 0. The van der Waals surface area contributed by atoms with Crippen LogP contribution in [0.25, 0.3) is 0 Å². The summed E-state index contributed by atoms with van der Waals surface area (Å²) in [5.74, 6) is 0.0138. The Bertz CT molecular complexity index is 400. The van der Waals surface area contributed by atoms with Gasteiger partial charge in [-0.3, -0.25) is 9.59 Å². The number of carboxylic acid groups (broad SMARTS) is 1. The molecule has 2 fully saturated rings. The molecule has 0 radical (unpaired) electrons. The summed E-state index contributed by atoms with van der Waals surface area (Å²) in [5, 5.41) is 8.77. The normalized spacial score (nSPS) is 28.2. The van der Waals surface area contributed by atoms with E-state index in [1.807, 2.05) is 4.90 Å². The van der Waals surface area contributed by atoms with E-state index in [2.05, 4.69) is 27.7 Å². The topological polar surface area (TPSA) is 57.6 Å². The highest BCUT2D eigenvalue weighted by Crippen LogP contribution is 2.68. The highest BCUT2D eigenvalue weighted by molar-refractivity contribution is 5.84. The minimum Gasteiger partial charge on any atom is -0.481 e. The number of carboxylic acids is 1. The third-order valence-electron chi connectivity index (χ3n) is 5.86. The fraction of sp³-hybridized carbons (Fsp3) is 0.875. The molecule has 1 saturated heterocycles. The molecule has 0 aromatic heterocycles. The van der Waals surface area contributed by atoms with Gasteiger partial charge in [0.15, 0.2) is 0 Å². The van der Waals surface area contributed by atoms with Gasteiger partial charge in [-0.05, 0) is 36.0 Å². The van der Waals surface area contributed by atoms with Crippen LogP contribution in [0.15, 0.2) is 0 Å². The molecule has 1 aliphatic heterocycles. The molecular formula is C16H27NO3. The second-order valence-corrected chi connectivity index (χ2v) is 7.60. The third kappa shape index (κ3) is 2.57. The lowest BCUT2D eigenvalue weighted by Gasteiger charge is -2.33. The summed E-state index contributed by atoms with van der Waals surface area (Å²) in [4.78, 5) is 25.3. The smallest absolute Gasteiger partial charge is 0.303 e. The van der Waals surface area contributed by atoms with Crippen molar-refractivity contribution in [2.45, 2.75) is 53.4 Å². The zero-order valence-electron chi connectivity index (χ0n) is 13.1. The van der Waals surface area contributed by atoms with Crippen LogP contribution in [0.1, 0.15) is 53.4 Å². The average Bonchev–Trinajstić information content (AvgIpc) is 2.77. The summed E-state index contributed by atoms with van der Waals surface area (Å²) in [6.07, 6.45) is 2.96. The first kappa shape index (κ1) is 15.3. The number of hydrogen-bond acceptors (Lipinski definition) is 2. The van der Waals surface area contributed by atoms with E-state index in [4.69, 9.17) is 5.11 Å². The SMILES string of the molecule is CC1(C)C(C(=O)N2CCCC(CCC(=O)O)C2)C1(C)C. The van der Waals surface area contributed by atoms with E-state index in [0.717, 1.165) is 25.9 Å². The molecule has 20 heavy (non-hydrogen) atoms. The molecule has 1 heterocycles. The van der Waals surface area contributed by atoms with Crippen molar-refractivity contribution < 1.29 is 14.7 Å². The van der Waals surface area contributed by atoms with E-state index in [1.165, 1.54) is 0 Å². The van der Waals surface area contributed by atoms with Gasteiger partial charge in [-0.1, -0.05) is 27.7 Å². The maximum absolute atomic E-state index is 12.7. The van der Waals surface area contributed by atoms with Crippen molar-refractivity contribution in [1.82, 2.24) is 4.90 Å². The number of nitrogens with zero attached hydrogens (tertiary/aromatic N) is 1. The number of rotatable bonds is 4. The van der Waals surface area contributed by atoms with E-state index in [9.17, 15) is 9.59 Å². The number of carbonyl (C=O) groups excluding carboxylic acids is 1. The maximum Gasteiger partial charge on any atom is 0.303 e. The Hall–Kier alpha value is -1.06. The second-order valence-electron chi connectivity index (χ2n) is 7.60. The number of amides is 1. The Labute approximate surface area is 121 Å². The Morgan fingerprint density at radius 3 is 2.30 bits per heavy atom. The van der Waals surface area contributed by atoms with Gasteiger partial charge in [-0.25, -0.2) is 0 Å². The molecule has 0 spiro atoms. The molecule has 1 atom stereocenters. The zero-order chi connectivity index (χ0) is 15.1. The van der Waals surface area contributed by atoms with Gasteiger partial charge in [-0.15, -0.1) is 0 Å². The van der Waals surface area contributed by atoms with E-state index in [1.54, 1.807) is 0 Å². The summed E-state index contributed by atoms with van der Waals surface area (Å²) in [5.41, 5.74) is 0.163. The number of aliphatic carboxylic acids is 1. The minimum absolute atomic E-state index is 0.0814. The minimum atomic E-state index is -0.738. The van der Waals surface area contributed by atoms with E-state index in [-0.39, 0.29) is 29.1 Å². The molecule has 4 heteroatoms. The summed E-state index contributed by atoms with van der Waals surface area (Å²) in [6.45, 7) is 10.3. The van der Waals surface area contributed by atoms with Gasteiger partial charge in [0.25, 0.3) is 0 Å². The predicted molar refractivity (Wildman–Crippen MR) is 77.2 cm³/mol. The van der Waals surface area contributed by atoms with Crippen molar-refractivity contribution in [3.05, 3.63) is 0 Å². The third-order valence-corrected chi connectivity index (χ3v) is 5.86. The summed E-state index contributed by atoms with van der Waals surface area (Å²) in [6, 6.07) is 0. The van der Waals surface area contributed by atoms with E-state index >= 15 is 0 Å². The number of piperidine rings is 1. The summed E-state index contributed by atoms with van der Waals surface area (Å²) >= 11 is 0. The van der Waals surface area contributed by atoms with Gasteiger partial charge in [0.05, 0.1) is 0 Å². The average molecular weight is 281 g/mol. The van der Waals surface area contributed by atoms with Gasteiger partial charge in [-0.2, -0.15) is 0 Å². The van der Waals surface area contributed by atoms with Crippen molar-refractivity contribution in [1.29, 1.82) is 0 Å². The van der Waals surface area contributed by atoms with Gasteiger partial charge >= 0.3 is 5.97 Å². The monoisotopic (exact) mass is 281 g/mol. The quantitative estimate of drug-likeness (QED) is 0.862. The van der Waals surface area contributed by atoms with Crippen molar-refractivity contribution in [2.24, 2.45) is 22.7 Å². The van der Waals surface area contributed by atoms with Gasteiger partial charge in [0, 0.05) is 25.4 Å². The fourth-order valence-corrected chi connectivity index (χ4v) is 3.82. The van der Waals surface area contributed by atoms with Crippen molar-refractivity contribution in [3.63, 3.8) is 0 Å². The first-order valence-corrected chi connectivity index (χ1v) is 7.68. The molecular weight excluding hydrogens is 254 g/mol. The Morgan fingerprint density at radius 2 is 1.80 bits per heavy atom. The maximum atomic E-state index is 12.7. The lowest BCUT2D eigenvalue weighted by atomic mass is 9.93. The van der Waals surface area contributed by atoms with Crippen LogP contribution in [0.5, 0.6) is 0 Å². The van der Waals surface area contributed by atoms with Gasteiger partial charge < -0.3 is 10.0 Å². The molecule has 1 N–H and O–H groups in total. The second kappa shape index (κ2) is 5.05. The van der Waals surface area contributed by atoms with Crippen molar-refractivity contribution >= 4 is 11.9 Å². The Balaban J connectivity index is 1.93. The molecule has 1 aliphatic carbocycles. The standard InChI is InChI=1S/C16H27NO3/c1-15(2)13(16(15,3)4)14(20)17-9-5-6-11(10-17)7-8-12(18)19/h11,13H,5-10H2,1-4H3,(H,18,19). The highest BCUT2D eigenvalue weighted by atomic mass is 16.4. The van der Waals surface area contributed by atoms with Crippen LogP contribution < -0.4 is 0 Å². The largest absolute Gasteiger partial charge is 0.481 e. The Morgan fingerprint density at radius 1 is 1.20 bits per heavy atom. The van der Waals surface area contributed by atoms with Crippen molar-refractivity contribution in [2.75, 3.05) is 13.1 Å². The van der Waals surface area contributed by atoms with Crippen LogP contribution in [-0.4, -0.2) is 35.0 Å². The van der Waals surface area contributed by atoms with Gasteiger partial charge in [0.1, 0.15) is 0 Å². The molecule has 1 unspecified atom stereocenters. The lowest BCUT2D eigenvalue weighted by Crippen LogP contribution is -2.41. The van der Waals surface area contributed by atoms with Crippen LogP contribution >= 0.6 is 0 Å². The zero-order valence-corrected chi connectivity index (χ0v) is 13.1. The lowest BCUT2D eigenvalue weighted by molar-refractivity contribution is -0.137. The molecule has 2 aliphatic rings. The molecule has 1 saturated carbocycles.